The molecule has 0 aromatic carbocycles. The molecule has 0 unspecified atom stereocenters. The van der Waals surface area contributed by atoms with Gasteiger partial charge in [-0.05, 0) is 19.4 Å². The van der Waals surface area contributed by atoms with Crippen LogP contribution in [0.5, 0.6) is 0 Å². The molecular weight excluding hydrogens is 228 g/mol. The number of nitrogens with zero attached hydrogens (tertiary/aromatic N) is 1. The number of pyridine rings is 1. The molecule has 0 aliphatic carbocycles. The second kappa shape index (κ2) is 7.06. The van der Waals surface area contributed by atoms with Gasteiger partial charge in [-0.15, -0.1) is 0 Å². The molecule has 0 atom stereocenters. The van der Waals surface area contributed by atoms with E-state index in [0.717, 1.165) is 12.1 Å². The van der Waals surface area contributed by atoms with Gasteiger partial charge in [-0.1, -0.05) is 11.6 Å². The summed E-state index contributed by atoms with van der Waals surface area (Å²) in [5.74, 6) is -0.162. The van der Waals surface area contributed by atoms with E-state index in [1.807, 2.05) is 0 Å². The van der Waals surface area contributed by atoms with Gasteiger partial charge in [-0.3, -0.25) is 9.78 Å². The van der Waals surface area contributed by atoms with Crippen LogP contribution in [0, 0.1) is 0 Å². The molecule has 1 N–H and O–H groups in total. The van der Waals surface area contributed by atoms with E-state index in [2.05, 4.69) is 10.3 Å². The lowest BCUT2D eigenvalue weighted by atomic mass is 10.3. The van der Waals surface area contributed by atoms with Crippen molar-refractivity contribution < 1.29 is 9.53 Å². The van der Waals surface area contributed by atoms with E-state index >= 15 is 0 Å². The van der Waals surface area contributed by atoms with Gasteiger partial charge in [0.15, 0.2) is 0 Å². The molecule has 88 valence electrons. The van der Waals surface area contributed by atoms with E-state index in [-0.39, 0.29) is 5.97 Å². The lowest BCUT2D eigenvalue weighted by Gasteiger charge is -2.07. The minimum Gasteiger partial charge on any atom is -0.466 e. The number of carbonyl (C=O) groups excluding carboxylic acids is 1. The van der Waals surface area contributed by atoms with Crippen LogP contribution in [0.2, 0.25) is 5.02 Å². The van der Waals surface area contributed by atoms with E-state index in [1.54, 1.807) is 25.4 Å². The molecule has 1 aromatic heterocycles. The molecule has 1 rings (SSSR count). The number of rotatable bonds is 6. The maximum atomic E-state index is 11.0. The summed E-state index contributed by atoms with van der Waals surface area (Å²) in [5.41, 5.74) is 0.834. The van der Waals surface area contributed by atoms with Crippen molar-refractivity contribution >= 4 is 23.3 Å². The first kappa shape index (κ1) is 12.8. The summed E-state index contributed by atoms with van der Waals surface area (Å²) in [4.78, 5) is 14.9. The average Bonchev–Trinajstić information content (AvgIpc) is 2.27. The normalized spacial score (nSPS) is 9.88. The van der Waals surface area contributed by atoms with Gasteiger partial charge in [0.05, 0.1) is 17.3 Å². The minimum atomic E-state index is -0.162. The molecule has 0 fully saturated rings. The first-order valence-corrected chi connectivity index (χ1v) is 5.61. The molecule has 0 spiro atoms. The van der Waals surface area contributed by atoms with Crippen LogP contribution in [-0.4, -0.2) is 24.1 Å². The fourth-order valence-corrected chi connectivity index (χ4v) is 1.39. The number of hydrogen-bond acceptors (Lipinski definition) is 4. The number of hydrogen-bond donors (Lipinski definition) is 1. The Labute approximate surface area is 100.0 Å². The number of esters is 1. The Morgan fingerprint density at radius 1 is 1.62 bits per heavy atom. The molecule has 0 saturated heterocycles. The monoisotopic (exact) mass is 242 g/mol. The number of nitrogens with one attached hydrogen (secondary N) is 1. The Morgan fingerprint density at radius 3 is 3.12 bits per heavy atom. The highest BCUT2D eigenvalue weighted by atomic mass is 35.5. The molecule has 1 heterocycles. The summed E-state index contributed by atoms with van der Waals surface area (Å²) in [6.45, 7) is 2.91. The summed E-state index contributed by atoms with van der Waals surface area (Å²) in [7, 11) is 0. The lowest BCUT2D eigenvalue weighted by Crippen LogP contribution is -2.08. The van der Waals surface area contributed by atoms with Gasteiger partial charge in [0.1, 0.15) is 0 Å². The molecule has 0 aliphatic heterocycles. The predicted octanol–water partition coefficient (Wildman–Crippen LogP) is 2.49. The van der Waals surface area contributed by atoms with Crippen LogP contribution >= 0.6 is 11.6 Å². The maximum Gasteiger partial charge on any atom is 0.305 e. The van der Waals surface area contributed by atoms with Crippen LogP contribution in [-0.2, 0) is 9.53 Å². The summed E-state index contributed by atoms with van der Waals surface area (Å²) in [6, 6.07) is 1.80. The molecule has 0 saturated carbocycles. The third kappa shape index (κ3) is 4.49. The van der Waals surface area contributed by atoms with E-state index in [0.29, 0.717) is 24.6 Å². The summed E-state index contributed by atoms with van der Waals surface area (Å²) >= 11 is 5.90. The zero-order chi connectivity index (χ0) is 11.8. The Morgan fingerprint density at radius 2 is 2.44 bits per heavy atom. The smallest absolute Gasteiger partial charge is 0.305 e. The van der Waals surface area contributed by atoms with Gasteiger partial charge in [-0.2, -0.15) is 0 Å². The maximum absolute atomic E-state index is 11.0. The highest BCUT2D eigenvalue weighted by Gasteiger charge is 2.02. The van der Waals surface area contributed by atoms with E-state index < -0.39 is 0 Å². The molecule has 0 amide bonds. The van der Waals surface area contributed by atoms with Gasteiger partial charge in [0.2, 0.25) is 0 Å². The standard InChI is InChI=1S/C11H15ClN2O2/c1-2-16-11(15)4-3-6-14-10-5-7-13-8-9(10)12/h5,7-8H,2-4,6H2,1H3,(H,13,14). The third-order valence-corrected chi connectivity index (χ3v) is 2.25. The SMILES string of the molecule is CCOC(=O)CCCNc1ccncc1Cl. The molecule has 1 aromatic rings. The van der Waals surface area contributed by atoms with Crippen LogP contribution in [0.25, 0.3) is 0 Å². The van der Waals surface area contributed by atoms with Crippen molar-refractivity contribution in [3.63, 3.8) is 0 Å². The zero-order valence-corrected chi connectivity index (χ0v) is 9.96. The average molecular weight is 243 g/mol. The Balaban J connectivity index is 2.21. The first-order chi connectivity index (χ1) is 7.74. The summed E-state index contributed by atoms with van der Waals surface area (Å²) in [6.07, 6.45) is 4.38. The number of halogens is 1. The molecular formula is C11H15ClN2O2. The van der Waals surface area contributed by atoms with Gasteiger partial charge < -0.3 is 10.1 Å². The van der Waals surface area contributed by atoms with Crippen molar-refractivity contribution in [2.45, 2.75) is 19.8 Å². The minimum absolute atomic E-state index is 0.162. The largest absolute Gasteiger partial charge is 0.466 e. The van der Waals surface area contributed by atoms with Crippen LogP contribution in [0.15, 0.2) is 18.5 Å². The van der Waals surface area contributed by atoms with Crippen molar-refractivity contribution in [2.24, 2.45) is 0 Å². The fraction of sp³-hybridized carbons (Fsp3) is 0.455. The highest BCUT2D eigenvalue weighted by Crippen LogP contribution is 2.18. The van der Waals surface area contributed by atoms with Crippen molar-refractivity contribution in [1.82, 2.24) is 4.98 Å². The Hall–Kier alpha value is -1.29. The van der Waals surface area contributed by atoms with Crippen molar-refractivity contribution in [2.75, 3.05) is 18.5 Å². The van der Waals surface area contributed by atoms with Crippen LogP contribution in [0.1, 0.15) is 19.8 Å². The topological polar surface area (TPSA) is 51.2 Å². The quantitative estimate of drug-likeness (QED) is 0.615. The summed E-state index contributed by atoms with van der Waals surface area (Å²) < 4.78 is 4.82. The van der Waals surface area contributed by atoms with Gasteiger partial charge in [0, 0.05) is 25.4 Å². The Kier molecular flexibility index (Phi) is 5.64. The molecule has 4 nitrogen and oxygen atoms in total. The van der Waals surface area contributed by atoms with Crippen molar-refractivity contribution in [3.8, 4) is 0 Å². The molecule has 5 heteroatoms. The molecule has 0 radical (unpaired) electrons. The van der Waals surface area contributed by atoms with Gasteiger partial charge >= 0.3 is 5.97 Å². The van der Waals surface area contributed by atoms with E-state index in [9.17, 15) is 4.79 Å². The van der Waals surface area contributed by atoms with Gasteiger partial charge in [0.25, 0.3) is 0 Å². The van der Waals surface area contributed by atoms with E-state index in [4.69, 9.17) is 16.3 Å². The number of aromatic nitrogens is 1. The third-order valence-electron chi connectivity index (χ3n) is 1.95. The summed E-state index contributed by atoms with van der Waals surface area (Å²) in [5, 5.41) is 3.71. The van der Waals surface area contributed by atoms with Crippen molar-refractivity contribution in [1.29, 1.82) is 0 Å². The second-order valence-electron chi connectivity index (χ2n) is 3.19. The van der Waals surface area contributed by atoms with E-state index in [1.165, 1.54) is 0 Å². The van der Waals surface area contributed by atoms with Crippen molar-refractivity contribution in [3.05, 3.63) is 23.5 Å². The van der Waals surface area contributed by atoms with Gasteiger partial charge in [-0.25, -0.2) is 0 Å². The molecule has 16 heavy (non-hydrogen) atoms. The van der Waals surface area contributed by atoms with Crippen LogP contribution in [0.4, 0.5) is 5.69 Å². The zero-order valence-electron chi connectivity index (χ0n) is 9.20. The number of ether oxygens (including phenoxy) is 1. The van der Waals surface area contributed by atoms with Crippen LogP contribution in [0.3, 0.4) is 0 Å². The van der Waals surface area contributed by atoms with Crippen LogP contribution < -0.4 is 5.32 Å². The highest BCUT2D eigenvalue weighted by molar-refractivity contribution is 6.33. The molecule has 0 aliphatic rings. The second-order valence-corrected chi connectivity index (χ2v) is 3.60. The predicted molar refractivity (Wildman–Crippen MR) is 63.6 cm³/mol. The first-order valence-electron chi connectivity index (χ1n) is 5.23. The molecule has 0 bridgehead atoms. The lowest BCUT2D eigenvalue weighted by molar-refractivity contribution is -0.143. The fourth-order valence-electron chi connectivity index (χ4n) is 1.21. The Bertz CT molecular complexity index is 345. The number of anilines is 1. The number of carbonyl (C=O) groups is 1.